The summed E-state index contributed by atoms with van der Waals surface area (Å²) in [6.45, 7) is 13.1. The van der Waals surface area contributed by atoms with Crippen LogP contribution in [0.5, 0.6) is 0 Å². The molecule has 114 valence electrons. The van der Waals surface area contributed by atoms with Gasteiger partial charge < -0.3 is 10.1 Å². The van der Waals surface area contributed by atoms with E-state index in [1.807, 2.05) is 11.8 Å². The Bertz CT molecular complexity index is 407. The van der Waals surface area contributed by atoms with Crippen LogP contribution >= 0.6 is 11.8 Å². The Kier molecular flexibility index (Phi) is 6.92. The van der Waals surface area contributed by atoms with Gasteiger partial charge in [-0.2, -0.15) is 0 Å². The van der Waals surface area contributed by atoms with E-state index in [0.29, 0.717) is 0 Å². The second-order valence-corrected chi connectivity index (χ2v) is 7.66. The van der Waals surface area contributed by atoms with Crippen LogP contribution in [0.3, 0.4) is 0 Å². The predicted octanol–water partition coefficient (Wildman–Crippen LogP) is 2.86. The first kappa shape index (κ1) is 17.4. The molecule has 1 rings (SSSR count). The highest BCUT2D eigenvalue weighted by Gasteiger charge is 2.13. The minimum atomic E-state index is 0.242. The SMILES string of the molecule is COCCNCc1c(C)nc(CSC(C)(C)C)nc1C. The smallest absolute Gasteiger partial charge is 0.138 e. The van der Waals surface area contributed by atoms with E-state index in [9.17, 15) is 0 Å². The Morgan fingerprint density at radius 3 is 2.25 bits per heavy atom. The fraction of sp³-hybridized carbons (Fsp3) is 0.733. The number of ether oxygens (including phenoxy) is 1. The molecule has 4 nitrogen and oxygen atoms in total. The third-order valence-electron chi connectivity index (χ3n) is 2.89. The van der Waals surface area contributed by atoms with E-state index in [1.54, 1.807) is 7.11 Å². The van der Waals surface area contributed by atoms with Gasteiger partial charge in [-0.1, -0.05) is 20.8 Å². The predicted molar refractivity (Wildman–Crippen MR) is 86.1 cm³/mol. The van der Waals surface area contributed by atoms with Gasteiger partial charge in [-0.15, -0.1) is 11.8 Å². The average molecular weight is 297 g/mol. The summed E-state index contributed by atoms with van der Waals surface area (Å²) in [5.41, 5.74) is 3.35. The first-order chi connectivity index (χ1) is 9.33. The molecule has 0 fully saturated rings. The fourth-order valence-corrected chi connectivity index (χ4v) is 2.49. The average Bonchev–Trinajstić information content (AvgIpc) is 2.34. The van der Waals surface area contributed by atoms with E-state index in [0.717, 1.165) is 42.7 Å². The van der Waals surface area contributed by atoms with Gasteiger partial charge in [0.25, 0.3) is 0 Å². The zero-order valence-electron chi connectivity index (χ0n) is 13.5. The van der Waals surface area contributed by atoms with Gasteiger partial charge in [-0.25, -0.2) is 9.97 Å². The van der Waals surface area contributed by atoms with Gasteiger partial charge in [0, 0.05) is 41.9 Å². The number of hydrogen-bond acceptors (Lipinski definition) is 5. The van der Waals surface area contributed by atoms with Gasteiger partial charge in [-0.3, -0.25) is 0 Å². The minimum absolute atomic E-state index is 0.242. The molecule has 1 heterocycles. The molecular formula is C15H27N3OS. The Hall–Kier alpha value is -0.650. The highest BCUT2D eigenvalue weighted by atomic mass is 32.2. The molecule has 0 aliphatic carbocycles. The van der Waals surface area contributed by atoms with Crippen LogP contribution in [-0.2, 0) is 17.0 Å². The van der Waals surface area contributed by atoms with Gasteiger partial charge in [0.15, 0.2) is 0 Å². The number of nitrogens with zero attached hydrogens (tertiary/aromatic N) is 2. The van der Waals surface area contributed by atoms with Crippen LogP contribution < -0.4 is 5.32 Å². The van der Waals surface area contributed by atoms with Crippen molar-refractivity contribution in [3.8, 4) is 0 Å². The van der Waals surface area contributed by atoms with Gasteiger partial charge in [0.1, 0.15) is 5.82 Å². The maximum atomic E-state index is 5.03. The molecule has 0 radical (unpaired) electrons. The van der Waals surface area contributed by atoms with E-state index >= 15 is 0 Å². The molecule has 0 saturated carbocycles. The van der Waals surface area contributed by atoms with Crippen LogP contribution in [0, 0.1) is 13.8 Å². The van der Waals surface area contributed by atoms with Gasteiger partial charge in [-0.05, 0) is 13.8 Å². The summed E-state index contributed by atoms with van der Waals surface area (Å²) >= 11 is 1.88. The van der Waals surface area contributed by atoms with Gasteiger partial charge in [0.05, 0.1) is 12.4 Å². The maximum absolute atomic E-state index is 5.03. The van der Waals surface area contributed by atoms with E-state index in [2.05, 4.69) is 49.9 Å². The van der Waals surface area contributed by atoms with Crippen molar-refractivity contribution in [2.24, 2.45) is 0 Å². The van der Waals surface area contributed by atoms with Crippen molar-refractivity contribution < 1.29 is 4.74 Å². The number of rotatable bonds is 7. The fourth-order valence-electron chi connectivity index (χ4n) is 1.80. The molecule has 5 heteroatoms. The van der Waals surface area contributed by atoms with E-state index in [-0.39, 0.29) is 4.75 Å². The summed E-state index contributed by atoms with van der Waals surface area (Å²) in [4.78, 5) is 9.27. The monoisotopic (exact) mass is 297 g/mol. The summed E-state index contributed by atoms with van der Waals surface area (Å²) in [5.74, 6) is 1.79. The van der Waals surface area contributed by atoms with E-state index in [1.165, 1.54) is 5.56 Å². The molecule has 1 N–H and O–H groups in total. The molecule has 1 aromatic rings. The largest absolute Gasteiger partial charge is 0.383 e. The Morgan fingerprint density at radius 1 is 1.15 bits per heavy atom. The quantitative estimate of drug-likeness (QED) is 0.784. The van der Waals surface area contributed by atoms with E-state index in [4.69, 9.17) is 4.74 Å². The highest BCUT2D eigenvalue weighted by molar-refractivity contribution is 7.99. The first-order valence-corrected chi connectivity index (χ1v) is 7.98. The number of aryl methyl sites for hydroxylation is 2. The minimum Gasteiger partial charge on any atom is -0.383 e. The number of aromatic nitrogens is 2. The van der Waals surface area contributed by atoms with E-state index < -0.39 is 0 Å². The van der Waals surface area contributed by atoms with Crippen LogP contribution in [0.1, 0.15) is 43.5 Å². The van der Waals surface area contributed by atoms with Crippen LogP contribution in [0.4, 0.5) is 0 Å². The van der Waals surface area contributed by atoms with Gasteiger partial charge in [0.2, 0.25) is 0 Å². The molecule has 0 amide bonds. The van der Waals surface area contributed by atoms with Crippen LogP contribution in [0.15, 0.2) is 0 Å². The molecule has 0 aliphatic rings. The lowest BCUT2D eigenvalue weighted by Crippen LogP contribution is -2.21. The maximum Gasteiger partial charge on any atom is 0.138 e. The molecule has 0 aromatic carbocycles. The van der Waals surface area contributed by atoms with Crippen LogP contribution in [0.25, 0.3) is 0 Å². The zero-order valence-corrected chi connectivity index (χ0v) is 14.4. The lowest BCUT2D eigenvalue weighted by atomic mass is 10.1. The summed E-state index contributed by atoms with van der Waals surface area (Å²) in [6, 6.07) is 0. The van der Waals surface area contributed by atoms with Crippen LogP contribution in [-0.4, -0.2) is 35.0 Å². The van der Waals surface area contributed by atoms with Crippen molar-refractivity contribution in [3.05, 3.63) is 22.8 Å². The third-order valence-corrected chi connectivity index (χ3v) is 4.15. The van der Waals surface area contributed by atoms with Crippen molar-refractivity contribution in [3.63, 3.8) is 0 Å². The number of thioether (sulfide) groups is 1. The molecule has 0 spiro atoms. The topological polar surface area (TPSA) is 47.0 Å². The molecule has 1 aromatic heterocycles. The lowest BCUT2D eigenvalue weighted by Gasteiger charge is -2.17. The molecule has 20 heavy (non-hydrogen) atoms. The van der Waals surface area contributed by atoms with Crippen LogP contribution in [0.2, 0.25) is 0 Å². The molecule has 0 atom stereocenters. The number of methoxy groups -OCH3 is 1. The second-order valence-electron chi connectivity index (χ2n) is 5.86. The van der Waals surface area contributed by atoms with Gasteiger partial charge >= 0.3 is 0 Å². The summed E-state index contributed by atoms with van der Waals surface area (Å²) in [6.07, 6.45) is 0. The zero-order chi connectivity index (χ0) is 15.2. The standard InChI is InChI=1S/C15H27N3OS/c1-11-13(9-16-7-8-19-6)12(2)18-14(17-11)10-20-15(3,4)5/h16H,7-10H2,1-6H3. The normalized spacial score (nSPS) is 11.9. The summed E-state index contributed by atoms with van der Waals surface area (Å²) < 4.78 is 5.27. The molecule has 0 aliphatic heterocycles. The second kappa shape index (κ2) is 7.96. The van der Waals surface area contributed by atoms with Crippen molar-refractivity contribution in [1.29, 1.82) is 0 Å². The first-order valence-electron chi connectivity index (χ1n) is 7.00. The van der Waals surface area contributed by atoms with Crippen molar-refractivity contribution in [1.82, 2.24) is 15.3 Å². The summed E-state index contributed by atoms with van der Waals surface area (Å²) in [5, 5.41) is 3.35. The van der Waals surface area contributed by atoms with Crippen molar-refractivity contribution >= 4 is 11.8 Å². The third kappa shape index (κ3) is 6.20. The Balaban J connectivity index is 2.66. The summed E-state index contributed by atoms with van der Waals surface area (Å²) in [7, 11) is 1.71. The molecule has 0 unspecified atom stereocenters. The molecule has 0 bridgehead atoms. The molecular weight excluding hydrogens is 270 g/mol. The van der Waals surface area contributed by atoms with Crippen molar-refractivity contribution in [2.75, 3.05) is 20.3 Å². The highest BCUT2D eigenvalue weighted by Crippen LogP contribution is 2.26. The molecule has 0 saturated heterocycles. The number of nitrogens with one attached hydrogen (secondary N) is 1. The van der Waals surface area contributed by atoms with Crippen molar-refractivity contribution in [2.45, 2.75) is 51.7 Å². The Labute approximate surface area is 127 Å². The number of hydrogen-bond donors (Lipinski definition) is 1. The lowest BCUT2D eigenvalue weighted by molar-refractivity contribution is 0.199. The Morgan fingerprint density at radius 2 is 1.75 bits per heavy atom.